The fourth-order valence-electron chi connectivity index (χ4n) is 2.32. The second-order valence-corrected chi connectivity index (χ2v) is 4.95. The van der Waals surface area contributed by atoms with E-state index in [0.717, 1.165) is 25.1 Å². The van der Waals surface area contributed by atoms with Gasteiger partial charge in [0.25, 0.3) is 0 Å². The molecule has 1 saturated heterocycles. The Bertz CT molecular complexity index is 565. The third kappa shape index (κ3) is 3.23. The lowest BCUT2D eigenvalue weighted by atomic mass is 10.1. The summed E-state index contributed by atoms with van der Waals surface area (Å²) in [5.41, 5.74) is 1.35. The van der Waals surface area contributed by atoms with Gasteiger partial charge >= 0.3 is 0 Å². The van der Waals surface area contributed by atoms with E-state index in [2.05, 4.69) is 10.5 Å². The molecule has 1 aliphatic rings. The third-order valence-corrected chi connectivity index (χ3v) is 3.38. The van der Waals surface area contributed by atoms with Crippen molar-refractivity contribution in [3.8, 4) is 0 Å². The number of rotatable bonds is 5. The van der Waals surface area contributed by atoms with Crippen LogP contribution in [0.1, 0.15) is 29.9 Å². The van der Waals surface area contributed by atoms with Crippen molar-refractivity contribution < 1.29 is 13.7 Å². The Morgan fingerprint density at radius 2 is 2.30 bits per heavy atom. The van der Waals surface area contributed by atoms with Gasteiger partial charge in [0.2, 0.25) is 0 Å². The lowest BCUT2D eigenvalue weighted by Gasteiger charge is -2.09. The Labute approximate surface area is 116 Å². The van der Waals surface area contributed by atoms with Crippen LogP contribution in [0.25, 0.3) is 0 Å². The molecule has 1 N–H and O–H groups in total. The van der Waals surface area contributed by atoms with E-state index in [4.69, 9.17) is 9.26 Å². The maximum Gasteiger partial charge on any atom is 0.141 e. The van der Waals surface area contributed by atoms with Gasteiger partial charge in [0, 0.05) is 12.5 Å². The molecule has 2 aromatic rings. The van der Waals surface area contributed by atoms with Crippen molar-refractivity contribution in [2.24, 2.45) is 0 Å². The van der Waals surface area contributed by atoms with Gasteiger partial charge in [-0.1, -0.05) is 23.4 Å². The quantitative estimate of drug-likeness (QED) is 0.912. The second kappa shape index (κ2) is 6.15. The van der Waals surface area contributed by atoms with Gasteiger partial charge in [-0.25, -0.2) is 4.39 Å². The minimum absolute atomic E-state index is 0.113. The molecular weight excluding hydrogens is 259 g/mol. The van der Waals surface area contributed by atoms with E-state index in [0.29, 0.717) is 24.4 Å². The maximum absolute atomic E-state index is 13.5. The molecule has 20 heavy (non-hydrogen) atoms. The number of hydrogen-bond acceptors (Lipinski definition) is 4. The van der Waals surface area contributed by atoms with E-state index in [1.807, 2.05) is 12.1 Å². The zero-order valence-corrected chi connectivity index (χ0v) is 11.1. The molecular formula is C15H17FN2O2. The number of nitrogens with one attached hydrogen (secondary N) is 1. The van der Waals surface area contributed by atoms with Crippen LogP contribution < -0.4 is 5.32 Å². The van der Waals surface area contributed by atoms with Crippen molar-refractivity contribution in [1.29, 1.82) is 0 Å². The molecule has 0 amide bonds. The molecule has 1 fully saturated rings. The lowest BCUT2D eigenvalue weighted by Crippen LogP contribution is -2.24. The molecule has 0 bridgehead atoms. The summed E-state index contributed by atoms with van der Waals surface area (Å²) in [6, 6.07) is 8.50. The van der Waals surface area contributed by atoms with Gasteiger partial charge in [-0.15, -0.1) is 0 Å². The molecule has 3 rings (SSSR count). The van der Waals surface area contributed by atoms with Crippen molar-refractivity contribution in [2.75, 3.05) is 6.54 Å². The first-order valence-corrected chi connectivity index (χ1v) is 6.84. The summed E-state index contributed by atoms with van der Waals surface area (Å²) in [5.74, 6) is 0.421. The lowest BCUT2D eigenvalue weighted by molar-refractivity contribution is 0.0281. The standard InChI is InChI=1S/C15H17FN2O2/c16-14-5-2-1-4-11(14)8-13-9-12(18-20-13)10-19-15-6-3-7-17-15/h1-2,4-5,9,15,17H,3,6-8,10H2. The van der Waals surface area contributed by atoms with Crippen LogP contribution in [-0.4, -0.2) is 17.9 Å². The Morgan fingerprint density at radius 3 is 3.10 bits per heavy atom. The molecule has 4 nitrogen and oxygen atoms in total. The highest BCUT2D eigenvalue weighted by molar-refractivity contribution is 5.22. The van der Waals surface area contributed by atoms with E-state index >= 15 is 0 Å². The number of benzene rings is 1. The highest BCUT2D eigenvalue weighted by Crippen LogP contribution is 2.15. The topological polar surface area (TPSA) is 47.3 Å². The van der Waals surface area contributed by atoms with E-state index in [1.54, 1.807) is 12.1 Å². The molecule has 0 spiro atoms. The van der Waals surface area contributed by atoms with Gasteiger partial charge in [-0.3, -0.25) is 5.32 Å². The first kappa shape index (κ1) is 13.3. The van der Waals surface area contributed by atoms with E-state index < -0.39 is 0 Å². The molecule has 106 valence electrons. The molecule has 1 aromatic carbocycles. The third-order valence-electron chi connectivity index (χ3n) is 3.38. The van der Waals surface area contributed by atoms with Crippen LogP contribution in [0.5, 0.6) is 0 Å². The van der Waals surface area contributed by atoms with Gasteiger partial charge in [-0.05, 0) is 31.0 Å². The van der Waals surface area contributed by atoms with Crippen molar-refractivity contribution >= 4 is 0 Å². The number of halogens is 1. The summed E-state index contributed by atoms with van der Waals surface area (Å²) in [4.78, 5) is 0. The minimum atomic E-state index is -0.225. The second-order valence-electron chi connectivity index (χ2n) is 4.95. The van der Waals surface area contributed by atoms with Crippen LogP contribution in [0, 0.1) is 5.82 Å². The molecule has 1 aliphatic heterocycles. The summed E-state index contributed by atoms with van der Waals surface area (Å²) in [6.07, 6.45) is 2.69. The number of nitrogens with zero attached hydrogens (tertiary/aromatic N) is 1. The average molecular weight is 276 g/mol. The van der Waals surface area contributed by atoms with Gasteiger partial charge in [-0.2, -0.15) is 0 Å². The Kier molecular flexibility index (Phi) is 4.08. The monoisotopic (exact) mass is 276 g/mol. The van der Waals surface area contributed by atoms with E-state index in [1.165, 1.54) is 6.07 Å². The highest BCUT2D eigenvalue weighted by atomic mass is 19.1. The summed E-state index contributed by atoms with van der Waals surface area (Å²) < 4.78 is 24.4. The number of aromatic nitrogens is 1. The van der Waals surface area contributed by atoms with Crippen LogP contribution >= 0.6 is 0 Å². The first-order valence-electron chi connectivity index (χ1n) is 6.84. The Morgan fingerprint density at radius 1 is 1.40 bits per heavy atom. The fraction of sp³-hybridized carbons (Fsp3) is 0.400. The van der Waals surface area contributed by atoms with Crippen LogP contribution in [0.4, 0.5) is 4.39 Å². The van der Waals surface area contributed by atoms with E-state index in [-0.39, 0.29) is 12.0 Å². The molecule has 0 saturated carbocycles. The zero-order valence-electron chi connectivity index (χ0n) is 11.1. The molecule has 0 radical (unpaired) electrons. The van der Waals surface area contributed by atoms with Crippen molar-refractivity contribution in [2.45, 2.75) is 32.1 Å². The predicted molar refractivity (Wildman–Crippen MR) is 71.5 cm³/mol. The van der Waals surface area contributed by atoms with Crippen LogP contribution in [0.15, 0.2) is 34.9 Å². The van der Waals surface area contributed by atoms with Crippen LogP contribution in [-0.2, 0) is 17.8 Å². The first-order chi connectivity index (χ1) is 9.81. The normalized spacial score (nSPS) is 18.6. The van der Waals surface area contributed by atoms with Crippen molar-refractivity contribution in [3.63, 3.8) is 0 Å². The van der Waals surface area contributed by atoms with Gasteiger partial charge in [0.05, 0.1) is 6.61 Å². The van der Waals surface area contributed by atoms with Crippen LogP contribution in [0.2, 0.25) is 0 Å². The van der Waals surface area contributed by atoms with Gasteiger partial charge in [0.1, 0.15) is 23.5 Å². The van der Waals surface area contributed by atoms with E-state index in [9.17, 15) is 4.39 Å². The minimum Gasteiger partial charge on any atom is -0.361 e. The van der Waals surface area contributed by atoms with Gasteiger partial charge in [0.15, 0.2) is 0 Å². The maximum atomic E-state index is 13.5. The Hall–Kier alpha value is -1.72. The molecule has 1 unspecified atom stereocenters. The smallest absolute Gasteiger partial charge is 0.141 e. The summed E-state index contributed by atoms with van der Waals surface area (Å²) in [7, 11) is 0. The predicted octanol–water partition coefficient (Wildman–Crippen LogP) is 2.63. The average Bonchev–Trinajstić information content (AvgIpc) is 3.10. The molecule has 1 aromatic heterocycles. The van der Waals surface area contributed by atoms with Crippen molar-refractivity contribution in [3.05, 3.63) is 53.2 Å². The summed E-state index contributed by atoms with van der Waals surface area (Å²) >= 11 is 0. The van der Waals surface area contributed by atoms with Crippen LogP contribution in [0.3, 0.4) is 0 Å². The summed E-state index contributed by atoms with van der Waals surface area (Å²) in [6.45, 7) is 1.42. The summed E-state index contributed by atoms with van der Waals surface area (Å²) in [5, 5.41) is 7.20. The Balaban J connectivity index is 1.57. The SMILES string of the molecule is Fc1ccccc1Cc1cc(COC2CCCN2)no1. The van der Waals surface area contributed by atoms with Gasteiger partial charge < -0.3 is 9.26 Å². The number of ether oxygens (including phenoxy) is 1. The number of hydrogen-bond donors (Lipinski definition) is 1. The molecule has 2 heterocycles. The highest BCUT2D eigenvalue weighted by Gasteiger charge is 2.15. The molecule has 0 aliphatic carbocycles. The fourth-order valence-corrected chi connectivity index (χ4v) is 2.32. The molecule has 1 atom stereocenters. The van der Waals surface area contributed by atoms with Crippen molar-refractivity contribution in [1.82, 2.24) is 10.5 Å². The molecule has 5 heteroatoms. The zero-order chi connectivity index (χ0) is 13.8. The largest absolute Gasteiger partial charge is 0.361 e.